The van der Waals surface area contributed by atoms with Gasteiger partial charge < -0.3 is 9.80 Å². The Morgan fingerprint density at radius 3 is 2.28 bits per heavy atom. The Morgan fingerprint density at radius 1 is 0.960 bits per heavy atom. The highest BCUT2D eigenvalue weighted by Crippen LogP contribution is 2.32. The highest BCUT2D eigenvalue weighted by molar-refractivity contribution is 7.17. The van der Waals surface area contributed by atoms with Gasteiger partial charge in [0, 0.05) is 48.0 Å². The minimum Gasteiger partial charge on any atom is -0.341 e. The Hall–Kier alpha value is -1.56. The summed E-state index contributed by atoms with van der Waals surface area (Å²) in [6.45, 7) is 4.09. The highest BCUT2D eigenvalue weighted by Gasteiger charge is 2.22. The first-order valence-electron chi connectivity index (χ1n) is 8.05. The fraction of sp³-hybridized carbons (Fsp3) is 0.333. The predicted octanol–water partition coefficient (Wildman–Crippen LogP) is 4.42. The van der Waals surface area contributed by atoms with Gasteiger partial charge in [-0.15, -0.1) is 11.3 Å². The number of nitrogens with zero attached hydrogens (tertiary/aromatic N) is 2. The van der Waals surface area contributed by atoms with E-state index in [9.17, 15) is 9.59 Å². The molecular formula is C18H18Cl2N2O2S. The number of carbonyl (C=O) groups is 2. The van der Waals surface area contributed by atoms with Gasteiger partial charge in [0.1, 0.15) is 0 Å². The average molecular weight is 397 g/mol. The van der Waals surface area contributed by atoms with Gasteiger partial charge in [0.05, 0.1) is 4.88 Å². The molecule has 1 aromatic carbocycles. The van der Waals surface area contributed by atoms with Gasteiger partial charge >= 0.3 is 0 Å². The maximum atomic E-state index is 12.8. The van der Waals surface area contributed by atoms with E-state index in [1.54, 1.807) is 17.9 Å². The zero-order chi connectivity index (χ0) is 18.0. The molecule has 0 aliphatic carbocycles. The molecule has 1 saturated heterocycles. The largest absolute Gasteiger partial charge is 0.341 e. The van der Waals surface area contributed by atoms with E-state index in [2.05, 4.69) is 0 Å². The van der Waals surface area contributed by atoms with Crippen molar-refractivity contribution in [2.45, 2.75) is 13.3 Å². The molecule has 0 unspecified atom stereocenters. The third kappa shape index (κ3) is 4.35. The summed E-state index contributed by atoms with van der Waals surface area (Å²) in [7, 11) is 0. The van der Waals surface area contributed by atoms with Gasteiger partial charge in [0.15, 0.2) is 0 Å². The van der Waals surface area contributed by atoms with Crippen LogP contribution in [0.3, 0.4) is 0 Å². The summed E-state index contributed by atoms with van der Waals surface area (Å²) in [6, 6.07) is 9.11. The molecule has 2 amide bonds. The van der Waals surface area contributed by atoms with E-state index in [4.69, 9.17) is 23.2 Å². The summed E-state index contributed by atoms with van der Waals surface area (Å²) in [5, 5.41) is 1.14. The van der Waals surface area contributed by atoms with Crippen LogP contribution in [0, 0.1) is 0 Å². The van der Waals surface area contributed by atoms with Crippen LogP contribution in [0.5, 0.6) is 0 Å². The van der Waals surface area contributed by atoms with Crippen LogP contribution in [0.2, 0.25) is 10.0 Å². The van der Waals surface area contributed by atoms with E-state index < -0.39 is 0 Å². The molecule has 2 aromatic rings. The monoisotopic (exact) mass is 396 g/mol. The van der Waals surface area contributed by atoms with Gasteiger partial charge in [-0.3, -0.25) is 9.59 Å². The maximum absolute atomic E-state index is 12.8. The summed E-state index contributed by atoms with van der Waals surface area (Å²) >= 11 is 13.6. The number of rotatable bonds is 2. The molecule has 0 bridgehead atoms. The van der Waals surface area contributed by atoms with Crippen LogP contribution in [0.25, 0.3) is 10.4 Å². The Bertz CT molecular complexity index is 786. The van der Waals surface area contributed by atoms with Crippen molar-refractivity contribution < 1.29 is 9.59 Å². The smallest absolute Gasteiger partial charge is 0.264 e. The van der Waals surface area contributed by atoms with Crippen molar-refractivity contribution in [2.75, 3.05) is 26.2 Å². The second-order valence-electron chi connectivity index (χ2n) is 5.97. The number of amides is 2. The third-order valence-electron chi connectivity index (χ3n) is 4.19. The summed E-state index contributed by atoms with van der Waals surface area (Å²) < 4.78 is 0. The van der Waals surface area contributed by atoms with E-state index in [-0.39, 0.29) is 11.8 Å². The van der Waals surface area contributed by atoms with Gasteiger partial charge in [-0.1, -0.05) is 23.2 Å². The molecule has 7 heteroatoms. The molecule has 0 saturated carbocycles. The zero-order valence-electron chi connectivity index (χ0n) is 13.8. The molecule has 2 heterocycles. The lowest BCUT2D eigenvalue weighted by atomic mass is 10.2. The van der Waals surface area contributed by atoms with E-state index in [0.717, 1.165) is 16.9 Å². The Morgan fingerprint density at radius 2 is 1.60 bits per heavy atom. The van der Waals surface area contributed by atoms with E-state index in [1.807, 2.05) is 29.2 Å². The lowest BCUT2D eigenvalue weighted by Gasteiger charge is -2.20. The van der Waals surface area contributed by atoms with Crippen LogP contribution in [0.1, 0.15) is 23.0 Å². The normalized spacial score (nSPS) is 15.2. The second kappa shape index (κ2) is 7.77. The van der Waals surface area contributed by atoms with E-state index >= 15 is 0 Å². The Balaban J connectivity index is 1.75. The fourth-order valence-electron chi connectivity index (χ4n) is 2.90. The Labute approximate surface area is 160 Å². The molecule has 0 N–H and O–H groups in total. The maximum Gasteiger partial charge on any atom is 0.264 e. The van der Waals surface area contributed by atoms with Crippen LogP contribution < -0.4 is 0 Å². The number of halogens is 2. The van der Waals surface area contributed by atoms with Crippen LogP contribution >= 0.6 is 34.5 Å². The van der Waals surface area contributed by atoms with Crippen molar-refractivity contribution in [1.29, 1.82) is 0 Å². The minimum absolute atomic E-state index is 0.00905. The topological polar surface area (TPSA) is 40.6 Å². The van der Waals surface area contributed by atoms with Gasteiger partial charge in [-0.05, 0) is 42.3 Å². The van der Waals surface area contributed by atoms with Crippen molar-refractivity contribution in [1.82, 2.24) is 9.80 Å². The number of carbonyl (C=O) groups excluding carboxylic acids is 2. The molecule has 132 valence electrons. The first kappa shape index (κ1) is 18.2. The quantitative estimate of drug-likeness (QED) is 0.753. The number of hydrogen-bond donors (Lipinski definition) is 0. The van der Waals surface area contributed by atoms with Crippen molar-refractivity contribution in [2.24, 2.45) is 0 Å². The third-order valence-corrected chi connectivity index (χ3v) is 5.75. The van der Waals surface area contributed by atoms with Crippen LogP contribution in [0.15, 0.2) is 30.3 Å². The van der Waals surface area contributed by atoms with Crippen LogP contribution in [-0.4, -0.2) is 47.8 Å². The summed E-state index contributed by atoms with van der Waals surface area (Å²) in [6.07, 6.45) is 0.799. The van der Waals surface area contributed by atoms with E-state index in [0.29, 0.717) is 41.1 Å². The summed E-state index contributed by atoms with van der Waals surface area (Å²) in [4.78, 5) is 29.6. The molecule has 1 fully saturated rings. The zero-order valence-corrected chi connectivity index (χ0v) is 16.1. The molecule has 1 aromatic heterocycles. The van der Waals surface area contributed by atoms with E-state index in [1.165, 1.54) is 11.3 Å². The molecule has 1 aliphatic rings. The molecular weight excluding hydrogens is 379 g/mol. The number of thiophene rings is 1. The lowest BCUT2D eigenvalue weighted by Crippen LogP contribution is -2.36. The first-order valence-corrected chi connectivity index (χ1v) is 9.62. The number of benzene rings is 1. The highest BCUT2D eigenvalue weighted by atomic mass is 35.5. The molecule has 4 nitrogen and oxygen atoms in total. The SMILES string of the molecule is CC(=O)N1CCCN(C(=O)c2ccc(-c3cc(Cl)cc(Cl)c3)s2)CC1. The second-order valence-corrected chi connectivity index (χ2v) is 7.93. The molecule has 0 atom stereocenters. The number of hydrogen-bond acceptors (Lipinski definition) is 3. The molecule has 1 aliphatic heterocycles. The van der Waals surface area contributed by atoms with Crippen molar-refractivity contribution in [3.63, 3.8) is 0 Å². The van der Waals surface area contributed by atoms with Crippen molar-refractivity contribution >= 4 is 46.4 Å². The average Bonchev–Trinajstić information content (AvgIpc) is 2.91. The first-order chi connectivity index (χ1) is 11.9. The summed E-state index contributed by atoms with van der Waals surface area (Å²) in [5.74, 6) is 0.0697. The minimum atomic E-state index is 0.00905. The molecule has 3 rings (SSSR count). The Kier molecular flexibility index (Phi) is 5.67. The molecule has 25 heavy (non-hydrogen) atoms. The van der Waals surface area contributed by atoms with Gasteiger partial charge in [0.25, 0.3) is 5.91 Å². The van der Waals surface area contributed by atoms with Crippen molar-refractivity contribution in [3.05, 3.63) is 45.3 Å². The lowest BCUT2D eigenvalue weighted by molar-refractivity contribution is -0.128. The standard InChI is InChI=1S/C18H18Cl2N2O2S/c1-12(23)21-5-2-6-22(8-7-21)18(24)17-4-3-16(25-17)13-9-14(19)11-15(20)10-13/h3-4,9-11H,2,5-8H2,1H3. The molecule has 0 radical (unpaired) electrons. The fourth-order valence-corrected chi connectivity index (χ4v) is 4.38. The van der Waals surface area contributed by atoms with Gasteiger partial charge in [0.2, 0.25) is 5.91 Å². The van der Waals surface area contributed by atoms with Crippen LogP contribution in [-0.2, 0) is 4.79 Å². The predicted molar refractivity (Wildman–Crippen MR) is 103 cm³/mol. The van der Waals surface area contributed by atoms with Crippen molar-refractivity contribution in [3.8, 4) is 10.4 Å². The molecule has 0 spiro atoms. The van der Waals surface area contributed by atoms with Gasteiger partial charge in [-0.2, -0.15) is 0 Å². The van der Waals surface area contributed by atoms with Gasteiger partial charge in [-0.25, -0.2) is 0 Å². The summed E-state index contributed by atoms with van der Waals surface area (Å²) in [5.41, 5.74) is 0.903. The van der Waals surface area contributed by atoms with Crippen LogP contribution in [0.4, 0.5) is 0 Å².